The Morgan fingerprint density at radius 3 is 2.20 bits per heavy atom. The average molecular weight is 291 g/mol. The summed E-state index contributed by atoms with van der Waals surface area (Å²) in [6, 6.07) is 18.3. The molecule has 0 aliphatic rings. The fourth-order valence-corrected chi connectivity index (χ4v) is 2.44. The van der Waals surface area contributed by atoms with Crippen LogP contribution >= 0.6 is 12.4 Å². The maximum atomic E-state index is 9.26. The highest BCUT2D eigenvalue weighted by atomic mass is 35.5. The van der Waals surface area contributed by atoms with Crippen LogP contribution in [-0.2, 0) is 12.8 Å². The Kier molecular flexibility index (Phi) is 7.17. The minimum absolute atomic E-state index is 0. The molecule has 1 nitrogen and oxygen atoms in total. The van der Waals surface area contributed by atoms with E-state index < -0.39 is 0 Å². The largest absolute Gasteiger partial charge is 0.508 e. The number of halogens is 1. The number of aromatic hydroxyl groups is 1. The molecule has 0 radical (unpaired) electrons. The van der Waals surface area contributed by atoms with Gasteiger partial charge in [0.15, 0.2) is 0 Å². The van der Waals surface area contributed by atoms with Crippen LogP contribution in [0.15, 0.2) is 54.6 Å². The summed E-state index contributed by atoms with van der Waals surface area (Å²) in [4.78, 5) is 0. The summed E-state index contributed by atoms with van der Waals surface area (Å²) >= 11 is 0. The molecule has 1 N–H and O–H groups in total. The van der Waals surface area contributed by atoms with Gasteiger partial charge in [-0.3, -0.25) is 0 Å². The maximum Gasteiger partial charge on any atom is 0.115 e. The topological polar surface area (TPSA) is 20.2 Å². The Morgan fingerprint density at radius 1 is 0.900 bits per heavy atom. The highest BCUT2D eigenvalue weighted by molar-refractivity contribution is 5.85. The molecule has 108 valence electrons. The quantitative estimate of drug-likeness (QED) is 0.792. The van der Waals surface area contributed by atoms with E-state index in [2.05, 4.69) is 37.3 Å². The second-order valence-electron chi connectivity index (χ2n) is 5.35. The van der Waals surface area contributed by atoms with Gasteiger partial charge >= 0.3 is 0 Å². The van der Waals surface area contributed by atoms with Crippen molar-refractivity contribution < 1.29 is 5.11 Å². The lowest BCUT2D eigenvalue weighted by Gasteiger charge is -2.11. The van der Waals surface area contributed by atoms with E-state index in [1.54, 1.807) is 12.1 Å². The zero-order chi connectivity index (χ0) is 13.5. The van der Waals surface area contributed by atoms with Crippen LogP contribution in [0, 0.1) is 5.92 Å². The van der Waals surface area contributed by atoms with Crippen molar-refractivity contribution in [2.75, 3.05) is 0 Å². The first-order valence-corrected chi connectivity index (χ1v) is 7.06. The number of hydrogen-bond acceptors (Lipinski definition) is 1. The summed E-state index contributed by atoms with van der Waals surface area (Å²) in [7, 11) is 0. The fraction of sp³-hybridized carbons (Fsp3) is 0.333. The third kappa shape index (κ3) is 5.66. The van der Waals surface area contributed by atoms with E-state index in [1.165, 1.54) is 30.4 Å². The van der Waals surface area contributed by atoms with Gasteiger partial charge in [-0.05, 0) is 48.4 Å². The zero-order valence-corrected chi connectivity index (χ0v) is 12.8. The van der Waals surface area contributed by atoms with Gasteiger partial charge in [0.2, 0.25) is 0 Å². The van der Waals surface area contributed by atoms with E-state index in [1.807, 2.05) is 12.1 Å². The third-order valence-corrected chi connectivity index (χ3v) is 3.53. The molecule has 0 saturated carbocycles. The summed E-state index contributed by atoms with van der Waals surface area (Å²) in [6.07, 6.45) is 4.74. The molecule has 0 saturated heterocycles. The Labute approximate surface area is 128 Å². The molecule has 0 spiro atoms. The molecule has 0 aromatic heterocycles. The van der Waals surface area contributed by atoms with Crippen LogP contribution in [0.3, 0.4) is 0 Å². The van der Waals surface area contributed by atoms with Gasteiger partial charge < -0.3 is 5.11 Å². The van der Waals surface area contributed by atoms with Crippen molar-refractivity contribution in [3.63, 3.8) is 0 Å². The number of hydrogen-bond donors (Lipinski definition) is 1. The molecule has 2 aromatic carbocycles. The van der Waals surface area contributed by atoms with Crippen LogP contribution < -0.4 is 0 Å². The lowest BCUT2D eigenvalue weighted by molar-refractivity contribution is 0.474. The van der Waals surface area contributed by atoms with Gasteiger partial charge in [-0.2, -0.15) is 0 Å². The molecule has 0 aliphatic heterocycles. The molecule has 2 aromatic rings. The Bertz CT molecular complexity index is 479. The lowest BCUT2D eigenvalue weighted by atomic mass is 9.95. The van der Waals surface area contributed by atoms with Crippen molar-refractivity contribution in [3.8, 4) is 5.75 Å². The molecule has 20 heavy (non-hydrogen) atoms. The van der Waals surface area contributed by atoms with Crippen molar-refractivity contribution in [3.05, 3.63) is 65.7 Å². The standard InChI is InChI=1S/C18H22O.ClH/c1-15(14-17-10-12-18(19)13-11-17)6-5-9-16-7-3-2-4-8-16;/h2-4,7-8,10-13,15,19H,5-6,9,14H2,1H3;1H. The third-order valence-electron chi connectivity index (χ3n) is 3.53. The Morgan fingerprint density at radius 2 is 1.55 bits per heavy atom. The lowest BCUT2D eigenvalue weighted by Crippen LogP contribution is -2.00. The van der Waals surface area contributed by atoms with Crippen LogP contribution in [0.25, 0.3) is 0 Å². The highest BCUT2D eigenvalue weighted by Gasteiger charge is 2.04. The maximum absolute atomic E-state index is 9.26. The average Bonchev–Trinajstić information content (AvgIpc) is 2.43. The first-order chi connectivity index (χ1) is 9.24. The molecule has 0 heterocycles. The van der Waals surface area contributed by atoms with Crippen molar-refractivity contribution in [1.29, 1.82) is 0 Å². The van der Waals surface area contributed by atoms with Crippen molar-refractivity contribution in [1.82, 2.24) is 0 Å². The first-order valence-electron chi connectivity index (χ1n) is 7.06. The molecule has 1 atom stereocenters. The highest BCUT2D eigenvalue weighted by Crippen LogP contribution is 2.17. The number of phenolic OH excluding ortho intramolecular Hbond substituents is 1. The number of aryl methyl sites for hydroxylation is 1. The smallest absolute Gasteiger partial charge is 0.115 e. The number of phenols is 1. The summed E-state index contributed by atoms with van der Waals surface area (Å²) in [6.45, 7) is 2.30. The van der Waals surface area contributed by atoms with Crippen LogP contribution in [-0.4, -0.2) is 5.11 Å². The fourth-order valence-electron chi connectivity index (χ4n) is 2.44. The Balaban J connectivity index is 0.00000200. The van der Waals surface area contributed by atoms with Gasteiger partial charge in [-0.15, -0.1) is 12.4 Å². The monoisotopic (exact) mass is 290 g/mol. The normalized spacial score (nSPS) is 11.7. The summed E-state index contributed by atoms with van der Waals surface area (Å²) < 4.78 is 0. The van der Waals surface area contributed by atoms with Gasteiger partial charge in [0.05, 0.1) is 0 Å². The minimum atomic E-state index is 0. The second kappa shape index (κ2) is 8.65. The molecule has 0 amide bonds. The van der Waals surface area contributed by atoms with E-state index in [0.29, 0.717) is 11.7 Å². The van der Waals surface area contributed by atoms with Gasteiger partial charge in [-0.1, -0.05) is 55.8 Å². The summed E-state index contributed by atoms with van der Waals surface area (Å²) in [5.41, 5.74) is 2.74. The molecular formula is C18H23ClO. The van der Waals surface area contributed by atoms with Crippen LogP contribution in [0.5, 0.6) is 5.75 Å². The van der Waals surface area contributed by atoms with E-state index in [9.17, 15) is 5.11 Å². The van der Waals surface area contributed by atoms with Gasteiger partial charge in [-0.25, -0.2) is 0 Å². The molecule has 0 fully saturated rings. The molecule has 2 heteroatoms. The number of rotatable bonds is 6. The van der Waals surface area contributed by atoms with E-state index in [-0.39, 0.29) is 12.4 Å². The van der Waals surface area contributed by atoms with Gasteiger partial charge in [0.25, 0.3) is 0 Å². The van der Waals surface area contributed by atoms with Crippen molar-refractivity contribution in [2.24, 2.45) is 5.92 Å². The van der Waals surface area contributed by atoms with Crippen LogP contribution in [0.2, 0.25) is 0 Å². The number of benzene rings is 2. The first kappa shape index (κ1) is 16.6. The van der Waals surface area contributed by atoms with Crippen LogP contribution in [0.1, 0.15) is 30.9 Å². The van der Waals surface area contributed by atoms with Gasteiger partial charge in [0, 0.05) is 0 Å². The van der Waals surface area contributed by atoms with E-state index in [0.717, 1.165) is 6.42 Å². The molecule has 2 rings (SSSR count). The SMILES string of the molecule is CC(CCCc1ccccc1)Cc1ccc(O)cc1.Cl. The van der Waals surface area contributed by atoms with E-state index >= 15 is 0 Å². The zero-order valence-electron chi connectivity index (χ0n) is 12.0. The molecule has 0 aliphatic carbocycles. The summed E-state index contributed by atoms with van der Waals surface area (Å²) in [5.74, 6) is 1.04. The van der Waals surface area contributed by atoms with Gasteiger partial charge in [0.1, 0.15) is 5.75 Å². The van der Waals surface area contributed by atoms with Crippen molar-refractivity contribution in [2.45, 2.75) is 32.6 Å². The second-order valence-corrected chi connectivity index (χ2v) is 5.35. The Hall–Kier alpha value is -1.47. The van der Waals surface area contributed by atoms with Crippen LogP contribution in [0.4, 0.5) is 0 Å². The predicted octanol–water partition coefficient (Wildman–Crippen LogP) is 5.02. The van der Waals surface area contributed by atoms with Crippen molar-refractivity contribution >= 4 is 12.4 Å². The molecule has 1 unspecified atom stereocenters. The summed E-state index contributed by atoms with van der Waals surface area (Å²) in [5, 5.41) is 9.26. The van der Waals surface area contributed by atoms with E-state index in [4.69, 9.17) is 0 Å². The molecular weight excluding hydrogens is 268 g/mol. The predicted molar refractivity (Wildman–Crippen MR) is 87.6 cm³/mol. The minimum Gasteiger partial charge on any atom is -0.508 e. The molecule has 0 bridgehead atoms.